The molecule has 2 N–H and O–H groups in total. The second-order valence-corrected chi connectivity index (χ2v) is 9.69. The first-order valence-corrected chi connectivity index (χ1v) is 12.0. The van der Waals surface area contributed by atoms with Crippen molar-refractivity contribution in [2.24, 2.45) is 13.0 Å². The lowest BCUT2D eigenvalue weighted by molar-refractivity contribution is 0.0294. The van der Waals surface area contributed by atoms with E-state index in [1.807, 2.05) is 30.3 Å². The van der Waals surface area contributed by atoms with Crippen LogP contribution in [0.25, 0.3) is 0 Å². The topological polar surface area (TPSA) is 62.2 Å². The van der Waals surface area contributed by atoms with Gasteiger partial charge in [0.05, 0.1) is 5.69 Å². The Balaban J connectivity index is 1.15. The van der Waals surface area contributed by atoms with E-state index in [4.69, 9.17) is 5.10 Å². The van der Waals surface area contributed by atoms with Crippen LogP contribution >= 0.6 is 0 Å². The Morgan fingerprint density at radius 1 is 1.13 bits per heavy atom. The molecule has 4 atom stereocenters. The number of hydrogen-bond acceptors (Lipinski definition) is 3. The van der Waals surface area contributed by atoms with Gasteiger partial charge in [-0.3, -0.25) is 9.58 Å². The van der Waals surface area contributed by atoms with Crippen molar-refractivity contribution in [3.63, 3.8) is 0 Å². The lowest BCUT2D eigenvalue weighted by Gasteiger charge is -2.49. The lowest BCUT2D eigenvalue weighted by Crippen LogP contribution is -2.56. The van der Waals surface area contributed by atoms with Crippen molar-refractivity contribution < 1.29 is 4.79 Å². The molecule has 2 aromatic rings. The fourth-order valence-electron chi connectivity index (χ4n) is 6.01. The summed E-state index contributed by atoms with van der Waals surface area (Å²) in [6.07, 6.45) is 7.72. The summed E-state index contributed by atoms with van der Waals surface area (Å²) in [6.45, 7) is 3.52. The zero-order valence-electron chi connectivity index (χ0n) is 18.6. The number of hydrogen-bond donors (Lipinski definition) is 2. The fourth-order valence-corrected chi connectivity index (χ4v) is 6.01. The largest absolute Gasteiger partial charge is 0.337 e. The summed E-state index contributed by atoms with van der Waals surface area (Å²) in [5.41, 5.74) is 3.86. The molecule has 1 saturated carbocycles. The van der Waals surface area contributed by atoms with Crippen LogP contribution in [0.3, 0.4) is 0 Å². The lowest BCUT2D eigenvalue weighted by atomic mass is 9.74. The minimum atomic E-state index is -0.0733. The quantitative estimate of drug-likeness (QED) is 0.747. The maximum atomic E-state index is 12.3. The van der Waals surface area contributed by atoms with E-state index >= 15 is 0 Å². The summed E-state index contributed by atoms with van der Waals surface area (Å²) in [6, 6.07) is 12.8. The third-order valence-electron chi connectivity index (χ3n) is 7.76. The Labute approximate surface area is 185 Å². The molecule has 3 aliphatic heterocycles. The molecule has 6 heteroatoms. The van der Waals surface area contributed by atoms with Crippen LogP contribution in [-0.2, 0) is 13.6 Å². The van der Waals surface area contributed by atoms with Gasteiger partial charge in [-0.25, -0.2) is 4.79 Å². The molecule has 6 nitrogen and oxygen atoms in total. The Hall–Kier alpha value is -2.34. The van der Waals surface area contributed by atoms with Gasteiger partial charge in [-0.1, -0.05) is 43.2 Å². The molecule has 1 aliphatic carbocycles. The first-order chi connectivity index (χ1) is 15.2. The van der Waals surface area contributed by atoms with E-state index in [2.05, 4.69) is 33.3 Å². The van der Waals surface area contributed by atoms with E-state index in [-0.39, 0.29) is 6.03 Å². The number of carbonyl (C=O) groups excluding carboxylic acids is 1. The number of piperidine rings is 3. The molecule has 4 aliphatic rings. The van der Waals surface area contributed by atoms with Gasteiger partial charge in [-0.15, -0.1) is 0 Å². The predicted molar refractivity (Wildman–Crippen MR) is 122 cm³/mol. The van der Waals surface area contributed by atoms with Crippen LogP contribution in [0, 0.1) is 5.92 Å². The number of amides is 2. The molecule has 4 heterocycles. The van der Waals surface area contributed by atoms with E-state index in [0.29, 0.717) is 30.3 Å². The van der Waals surface area contributed by atoms with Crippen molar-refractivity contribution in [2.75, 3.05) is 19.6 Å². The number of urea groups is 1. The third kappa shape index (κ3) is 4.49. The molecule has 166 valence electrons. The summed E-state index contributed by atoms with van der Waals surface area (Å²) in [7, 11) is 2.13. The molecule has 2 bridgehead atoms. The van der Waals surface area contributed by atoms with Gasteiger partial charge in [0.15, 0.2) is 0 Å². The molecule has 2 amide bonds. The zero-order valence-corrected chi connectivity index (χ0v) is 18.6. The average Bonchev–Trinajstić information content (AvgIpc) is 3.47. The first kappa shape index (κ1) is 20.6. The van der Waals surface area contributed by atoms with Crippen LogP contribution in [-0.4, -0.2) is 46.4 Å². The van der Waals surface area contributed by atoms with E-state index in [9.17, 15) is 4.79 Å². The second-order valence-electron chi connectivity index (χ2n) is 9.69. The molecule has 31 heavy (non-hydrogen) atoms. The zero-order chi connectivity index (χ0) is 21.2. The van der Waals surface area contributed by atoms with Crippen molar-refractivity contribution in [1.29, 1.82) is 0 Å². The highest BCUT2D eigenvalue weighted by Gasteiger charge is 2.42. The SMILES string of the molecule is Cn1nc(C2CCCC2)cc1[C@@H]1CN2CC[C@H]1C[C@@H]2CNC(=O)NCc1ccccc1. The van der Waals surface area contributed by atoms with Gasteiger partial charge in [0.25, 0.3) is 0 Å². The van der Waals surface area contributed by atoms with Crippen LogP contribution in [0.1, 0.15) is 67.3 Å². The number of aryl methyl sites for hydroxylation is 1. The van der Waals surface area contributed by atoms with Crippen molar-refractivity contribution in [3.8, 4) is 0 Å². The molecule has 1 aromatic heterocycles. The normalized spacial score (nSPS) is 28.0. The Kier molecular flexibility index (Phi) is 5.99. The van der Waals surface area contributed by atoms with Crippen LogP contribution in [0.2, 0.25) is 0 Å². The van der Waals surface area contributed by atoms with Crippen molar-refractivity contribution in [2.45, 2.75) is 62.9 Å². The molecule has 3 saturated heterocycles. The summed E-state index contributed by atoms with van der Waals surface area (Å²) in [4.78, 5) is 14.9. The highest BCUT2D eigenvalue weighted by Crippen LogP contribution is 2.43. The number of carbonyl (C=O) groups is 1. The first-order valence-electron chi connectivity index (χ1n) is 12.0. The van der Waals surface area contributed by atoms with Gasteiger partial charge >= 0.3 is 6.03 Å². The fraction of sp³-hybridized carbons (Fsp3) is 0.600. The maximum Gasteiger partial charge on any atom is 0.315 e. The van der Waals surface area contributed by atoms with Crippen molar-refractivity contribution >= 4 is 6.03 Å². The predicted octanol–water partition coefficient (Wildman–Crippen LogP) is 3.75. The maximum absolute atomic E-state index is 12.3. The molecule has 6 rings (SSSR count). The minimum absolute atomic E-state index is 0.0733. The number of rotatable bonds is 6. The number of aromatic nitrogens is 2. The van der Waals surface area contributed by atoms with E-state index < -0.39 is 0 Å². The van der Waals surface area contributed by atoms with Crippen molar-refractivity contribution in [1.82, 2.24) is 25.3 Å². The Morgan fingerprint density at radius 2 is 1.94 bits per heavy atom. The van der Waals surface area contributed by atoms with E-state index in [1.54, 1.807) is 0 Å². The van der Waals surface area contributed by atoms with Gasteiger partial charge < -0.3 is 10.6 Å². The number of nitrogens with one attached hydrogen (secondary N) is 2. The third-order valence-corrected chi connectivity index (χ3v) is 7.76. The Morgan fingerprint density at radius 3 is 2.68 bits per heavy atom. The summed E-state index contributed by atoms with van der Waals surface area (Å²) in [5.74, 6) is 1.94. The minimum Gasteiger partial charge on any atom is -0.337 e. The van der Waals surface area contributed by atoms with Crippen LogP contribution in [0.4, 0.5) is 4.79 Å². The van der Waals surface area contributed by atoms with Crippen LogP contribution < -0.4 is 10.6 Å². The van der Waals surface area contributed by atoms with Crippen molar-refractivity contribution in [3.05, 3.63) is 53.3 Å². The highest BCUT2D eigenvalue weighted by molar-refractivity contribution is 5.73. The van der Waals surface area contributed by atoms with Gasteiger partial charge in [-0.2, -0.15) is 5.10 Å². The van der Waals surface area contributed by atoms with Crippen LogP contribution in [0.15, 0.2) is 36.4 Å². The van der Waals surface area contributed by atoms with Crippen LogP contribution in [0.5, 0.6) is 0 Å². The molecular formula is C25H35N5O. The number of fused-ring (bicyclic) bond motifs is 3. The summed E-state index contributed by atoms with van der Waals surface area (Å²) >= 11 is 0. The van der Waals surface area contributed by atoms with Gasteiger partial charge in [-0.05, 0) is 49.8 Å². The molecule has 0 spiro atoms. The number of nitrogens with zero attached hydrogens (tertiary/aromatic N) is 3. The molecule has 4 fully saturated rings. The molecular weight excluding hydrogens is 386 g/mol. The number of benzene rings is 1. The van der Waals surface area contributed by atoms with Gasteiger partial charge in [0.2, 0.25) is 0 Å². The van der Waals surface area contributed by atoms with Gasteiger partial charge in [0.1, 0.15) is 0 Å². The Bertz CT molecular complexity index is 889. The van der Waals surface area contributed by atoms with Gasteiger partial charge in [0, 0.05) is 50.3 Å². The average molecular weight is 422 g/mol. The van der Waals surface area contributed by atoms with E-state index in [1.165, 1.54) is 43.5 Å². The molecule has 1 aromatic carbocycles. The van der Waals surface area contributed by atoms with E-state index in [0.717, 1.165) is 31.6 Å². The molecule has 0 radical (unpaired) electrons. The highest BCUT2D eigenvalue weighted by atomic mass is 16.2. The second kappa shape index (κ2) is 9.03. The summed E-state index contributed by atoms with van der Waals surface area (Å²) in [5, 5.41) is 11.0. The summed E-state index contributed by atoms with van der Waals surface area (Å²) < 4.78 is 2.16. The monoisotopic (exact) mass is 421 g/mol. The molecule has 1 unspecified atom stereocenters. The standard InChI is InChI=1S/C25H35N5O/c1-29-24(14-23(28-29)19-9-5-6-10-19)22-17-30-12-11-20(22)13-21(30)16-27-25(31)26-15-18-7-3-2-4-8-18/h2-4,7-8,14,19-22H,5-6,9-13,15-17H2,1H3,(H2,26,27,31)/t20-,21+,22+/m0/s1. The smallest absolute Gasteiger partial charge is 0.315 e.